The largest absolute Gasteiger partial charge is 0.340 e. The molecular formula is C24H27FN4O2. The van der Waals surface area contributed by atoms with Crippen LogP contribution in [0.5, 0.6) is 0 Å². The third-order valence-corrected chi connectivity index (χ3v) is 6.62. The Hall–Kier alpha value is -2.93. The number of amides is 3. The Bertz CT molecular complexity index is 1010. The molecule has 0 aromatic heterocycles. The molecule has 1 N–H and O–H groups in total. The lowest BCUT2D eigenvalue weighted by Crippen LogP contribution is -2.43. The molecular weight excluding hydrogens is 395 g/mol. The number of hydrogen-bond donors (Lipinski definition) is 1. The molecule has 3 amide bonds. The molecule has 162 valence electrons. The highest BCUT2D eigenvalue weighted by atomic mass is 19.1. The molecule has 31 heavy (non-hydrogen) atoms. The molecule has 2 aliphatic heterocycles. The van der Waals surface area contributed by atoms with Crippen LogP contribution in [0.2, 0.25) is 0 Å². The molecule has 6 nitrogen and oxygen atoms in total. The van der Waals surface area contributed by atoms with E-state index in [4.69, 9.17) is 0 Å². The highest BCUT2D eigenvalue weighted by molar-refractivity contribution is 5.88. The summed E-state index contributed by atoms with van der Waals surface area (Å²) in [6, 6.07) is 12.4. The molecule has 0 spiro atoms. The first kappa shape index (κ1) is 20.0. The number of halogens is 1. The number of rotatable bonds is 4. The van der Waals surface area contributed by atoms with Crippen molar-refractivity contribution in [2.24, 2.45) is 5.92 Å². The first-order valence-corrected chi connectivity index (χ1v) is 10.9. The molecule has 2 aromatic carbocycles. The van der Waals surface area contributed by atoms with Gasteiger partial charge in [0.25, 0.3) is 0 Å². The molecule has 1 saturated carbocycles. The van der Waals surface area contributed by atoms with Crippen LogP contribution < -0.4 is 5.32 Å². The Morgan fingerprint density at radius 1 is 1.06 bits per heavy atom. The standard InChI is InChI=1S/C24H27FN4O2/c1-15-13-18(16-5-8-19(25)9-6-16)7-10-21(15)22-28(20-11-12-26-14-20)24(31)27(2)29(22)23(30)17-3-4-17/h5-10,13,17,20,22,26H,3-4,11-12,14H2,1-2H3. The maximum atomic E-state index is 13.3. The fourth-order valence-corrected chi connectivity index (χ4v) is 4.73. The van der Waals surface area contributed by atoms with Gasteiger partial charge in [0.15, 0.2) is 6.17 Å². The van der Waals surface area contributed by atoms with E-state index in [0.717, 1.165) is 54.6 Å². The maximum Gasteiger partial charge on any atom is 0.340 e. The normalized spacial score (nSPS) is 23.7. The van der Waals surface area contributed by atoms with Gasteiger partial charge in [-0.25, -0.2) is 19.2 Å². The van der Waals surface area contributed by atoms with Gasteiger partial charge in [0.05, 0.1) is 0 Å². The summed E-state index contributed by atoms with van der Waals surface area (Å²) < 4.78 is 13.3. The summed E-state index contributed by atoms with van der Waals surface area (Å²) in [5, 5.41) is 6.50. The van der Waals surface area contributed by atoms with E-state index in [9.17, 15) is 14.0 Å². The van der Waals surface area contributed by atoms with Crippen molar-refractivity contribution in [2.45, 2.75) is 38.4 Å². The van der Waals surface area contributed by atoms with Gasteiger partial charge in [0.2, 0.25) is 5.91 Å². The molecule has 2 atom stereocenters. The van der Waals surface area contributed by atoms with Crippen LogP contribution >= 0.6 is 0 Å². The van der Waals surface area contributed by atoms with Crippen LogP contribution in [0.15, 0.2) is 42.5 Å². The molecule has 3 fully saturated rings. The van der Waals surface area contributed by atoms with E-state index in [1.54, 1.807) is 24.2 Å². The summed E-state index contributed by atoms with van der Waals surface area (Å²) in [6.45, 7) is 3.61. The first-order chi connectivity index (χ1) is 15.0. The Balaban J connectivity index is 1.55. The van der Waals surface area contributed by atoms with Crippen molar-refractivity contribution in [3.63, 3.8) is 0 Å². The fourth-order valence-electron chi connectivity index (χ4n) is 4.73. The van der Waals surface area contributed by atoms with E-state index in [2.05, 4.69) is 11.4 Å². The Morgan fingerprint density at radius 2 is 1.77 bits per heavy atom. The molecule has 1 aliphatic carbocycles. The number of nitrogens with zero attached hydrogens (tertiary/aromatic N) is 3. The van der Waals surface area contributed by atoms with Crippen molar-refractivity contribution in [3.8, 4) is 11.1 Å². The number of hydrogen-bond acceptors (Lipinski definition) is 3. The number of aryl methyl sites for hydroxylation is 1. The molecule has 3 aliphatic rings. The third-order valence-electron chi connectivity index (χ3n) is 6.62. The maximum absolute atomic E-state index is 13.3. The van der Waals surface area contributed by atoms with Crippen LogP contribution in [0.1, 0.15) is 36.6 Å². The summed E-state index contributed by atoms with van der Waals surface area (Å²) in [4.78, 5) is 28.3. The number of benzene rings is 2. The zero-order valence-corrected chi connectivity index (χ0v) is 17.8. The minimum absolute atomic E-state index is 0.0122. The SMILES string of the molecule is Cc1cc(-c2ccc(F)cc2)ccc1C1N(C2CCNC2)C(=O)N(C)N1C(=O)C1CC1. The average Bonchev–Trinajstić information content (AvgIpc) is 3.42. The van der Waals surface area contributed by atoms with Gasteiger partial charge in [-0.05, 0) is 67.1 Å². The summed E-state index contributed by atoms with van der Waals surface area (Å²) in [5.74, 6) is -0.228. The molecule has 0 radical (unpaired) electrons. The van der Waals surface area contributed by atoms with Crippen LogP contribution in [-0.4, -0.2) is 53.0 Å². The summed E-state index contributed by atoms with van der Waals surface area (Å²) >= 11 is 0. The molecule has 2 saturated heterocycles. The number of carbonyl (C=O) groups excluding carboxylic acids is 2. The van der Waals surface area contributed by atoms with Crippen molar-refractivity contribution in [1.82, 2.24) is 20.2 Å². The van der Waals surface area contributed by atoms with Crippen molar-refractivity contribution < 1.29 is 14.0 Å². The lowest BCUT2D eigenvalue weighted by atomic mass is 9.97. The van der Waals surface area contributed by atoms with Crippen LogP contribution in [0.25, 0.3) is 11.1 Å². The predicted molar refractivity (Wildman–Crippen MR) is 115 cm³/mol. The number of hydrazine groups is 1. The second kappa shape index (κ2) is 7.64. The highest BCUT2D eigenvalue weighted by Crippen LogP contribution is 2.42. The Labute approximate surface area is 181 Å². The monoisotopic (exact) mass is 422 g/mol. The molecule has 0 bridgehead atoms. The quantitative estimate of drug-likeness (QED) is 0.818. The van der Waals surface area contributed by atoms with Gasteiger partial charge in [-0.3, -0.25) is 9.69 Å². The van der Waals surface area contributed by atoms with E-state index in [1.165, 1.54) is 17.1 Å². The molecule has 5 rings (SSSR count). The van der Waals surface area contributed by atoms with Crippen molar-refractivity contribution in [3.05, 3.63) is 59.4 Å². The lowest BCUT2D eigenvalue weighted by molar-refractivity contribution is -0.147. The summed E-state index contributed by atoms with van der Waals surface area (Å²) in [7, 11) is 1.69. The first-order valence-electron chi connectivity index (χ1n) is 10.9. The van der Waals surface area contributed by atoms with Gasteiger partial charge in [0.1, 0.15) is 5.82 Å². The lowest BCUT2D eigenvalue weighted by Gasteiger charge is -2.33. The van der Waals surface area contributed by atoms with Crippen LogP contribution in [0, 0.1) is 18.7 Å². The van der Waals surface area contributed by atoms with E-state index in [1.807, 2.05) is 24.0 Å². The minimum atomic E-state index is -0.447. The van der Waals surface area contributed by atoms with Gasteiger partial charge in [-0.1, -0.05) is 30.3 Å². The Kier molecular flexibility index (Phi) is 4.93. The average molecular weight is 423 g/mol. The van der Waals surface area contributed by atoms with E-state index >= 15 is 0 Å². The topological polar surface area (TPSA) is 55.9 Å². The van der Waals surface area contributed by atoms with Crippen LogP contribution in [-0.2, 0) is 4.79 Å². The van der Waals surface area contributed by atoms with Gasteiger partial charge in [0, 0.05) is 25.6 Å². The van der Waals surface area contributed by atoms with Crippen molar-refractivity contribution >= 4 is 11.9 Å². The molecule has 7 heteroatoms. The van der Waals surface area contributed by atoms with Gasteiger partial charge in [-0.2, -0.15) is 0 Å². The minimum Gasteiger partial charge on any atom is -0.315 e. The highest BCUT2D eigenvalue weighted by Gasteiger charge is 2.51. The van der Waals surface area contributed by atoms with Crippen LogP contribution in [0.4, 0.5) is 9.18 Å². The second-order valence-electron chi connectivity index (χ2n) is 8.77. The predicted octanol–water partition coefficient (Wildman–Crippen LogP) is 3.68. The van der Waals surface area contributed by atoms with Crippen molar-refractivity contribution in [2.75, 3.05) is 20.1 Å². The number of carbonyl (C=O) groups is 2. The number of urea groups is 1. The molecule has 2 heterocycles. The zero-order chi connectivity index (χ0) is 21.7. The fraction of sp³-hybridized carbons (Fsp3) is 0.417. The Morgan fingerprint density at radius 3 is 2.39 bits per heavy atom. The third kappa shape index (κ3) is 3.47. The molecule has 2 aromatic rings. The van der Waals surface area contributed by atoms with E-state index in [-0.39, 0.29) is 29.7 Å². The van der Waals surface area contributed by atoms with Crippen LogP contribution in [0.3, 0.4) is 0 Å². The molecule has 2 unspecified atom stereocenters. The smallest absolute Gasteiger partial charge is 0.315 e. The summed E-state index contributed by atoms with van der Waals surface area (Å²) in [6.07, 6.45) is 2.20. The summed E-state index contributed by atoms with van der Waals surface area (Å²) in [5.41, 5.74) is 3.86. The van der Waals surface area contributed by atoms with E-state index in [0.29, 0.717) is 0 Å². The second-order valence-corrected chi connectivity index (χ2v) is 8.77. The van der Waals surface area contributed by atoms with Gasteiger partial charge < -0.3 is 5.32 Å². The van der Waals surface area contributed by atoms with Crippen molar-refractivity contribution in [1.29, 1.82) is 0 Å². The zero-order valence-electron chi connectivity index (χ0n) is 17.8. The van der Waals surface area contributed by atoms with E-state index < -0.39 is 6.17 Å². The number of nitrogens with one attached hydrogen (secondary N) is 1. The van der Waals surface area contributed by atoms with Gasteiger partial charge >= 0.3 is 6.03 Å². The van der Waals surface area contributed by atoms with Gasteiger partial charge in [-0.15, -0.1) is 0 Å².